The first-order valence-corrected chi connectivity index (χ1v) is 6.42. The molecule has 0 spiro atoms. The first kappa shape index (κ1) is 12.9. The van der Waals surface area contributed by atoms with E-state index in [0.29, 0.717) is 11.7 Å². The predicted molar refractivity (Wildman–Crippen MR) is 81.7 cm³/mol. The van der Waals surface area contributed by atoms with E-state index < -0.39 is 0 Å². The molecule has 3 aromatic rings. The number of aliphatic imine (C=N–C) groups is 2. The zero-order chi connectivity index (χ0) is 14.3. The molecule has 102 valence electrons. The third-order valence-corrected chi connectivity index (χ3v) is 2.62. The highest BCUT2D eigenvalue weighted by Crippen LogP contribution is 2.10. The molecule has 0 N–H and O–H groups in total. The van der Waals surface area contributed by atoms with E-state index in [1.165, 1.54) is 6.21 Å². The molecule has 3 rings (SSSR count). The third-order valence-electron chi connectivity index (χ3n) is 2.62. The van der Waals surface area contributed by atoms with Crippen LogP contribution in [-0.4, -0.2) is 22.6 Å². The lowest BCUT2D eigenvalue weighted by atomic mass is 10.3. The van der Waals surface area contributed by atoms with Crippen molar-refractivity contribution in [2.24, 2.45) is 9.98 Å². The summed E-state index contributed by atoms with van der Waals surface area (Å²) < 4.78 is 5.07. The zero-order valence-electron chi connectivity index (χ0n) is 11.1. The highest BCUT2D eigenvalue weighted by Gasteiger charge is 2.00. The normalized spacial score (nSPS) is 11.4. The van der Waals surface area contributed by atoms with Crippen LogP contribution in [-0.2, 0) is 0 Å². The molecule has 0 bridgehead atoms. The van der Waals surface area contributed by atoms with Crippen molar-refractivity contribution in [3.63, 3.8) is 0 Å². The summed E-state index contributed by atoms with van der Waals surface area (Å²) in [6.45, 7) is 0. The Morgan fingerprint density at radius 1 is 0.762 bits per heavy atom. The van der Waals surface area contributed by atoms with Crippen molar-refractivity contribution in [1.82, 2.24) is 10.1 Å². The van der Waals surface area contributed by atoms with Gasteiger partial charge >= 0.3 is 0 Å². The van der Waals surface area contributed by atoms with Crippen molar-refractivity contribution in [3.05, 3.63) is 72.4 Å². The van der Waals surface area contributed by atoms with Crippen LogP contribution in [0.2, 0.25) is 0 Å². The molecular weight excluding hydrogens is 264 g/mol. The van der Waals surface area contributed by atoms with Crippen LogP contribution < -0.4 is 0 Å². The molecule has 0 fully saturated rings. The fraction of sp³-hybridized carbons (Fsp3) is 0. The summed E-state index contributed by atoms with van der Waals surface area (Å²) >= 11 is 0. The lowest BCUT2D eigenvalue weighted by Gasteiger charge is -1.88. The molecule has 0 aliphatic carbocycles. The van der Waals surface area contributed by atoms with Crippen LogP contribution in [0.5, 0.6) is 0 Å². The van der Waals surface area contributed by atoms with Gasteiger partial charge in [-0.3, -0.25) is 9.98 Å². The molecule has 0 atom stereocenters. The van der Waals surface area contributed by atoms with Gasteiger partial charge in [-0.1, -0.05) is 41.6 Å². The van der Waals surface area contributed by atoms with E-state index in [1.807, 2.05) is 60.7 Å². The van der Waals surface area contributed by atoms with Gasteiger partial charge in [0.2, 0.25) is 5.82 Å². The molecule has 0 radical (unpaired) electrons. The second-order valence-corrected chi connectivity index (χ2v) is 4.18. The first-order valence-electron chi connectivity index (χ1n) is 6.42. The maximum atomic E-state index is 5.07. The van der Waals surface area contributed by atoms with Crippen LogP contribution in [0.4, 0.5) is 11.4 Å². The summed E-state index contributed by atoms with van der Waals surface area (Å²) in [7, 11) is 0. The third kappa shape index (κ3) is 3.70. The number of nitrogens with zero attached hydrogens (tertiary/aromatic N) is 4. The van der Waals surface area contributed by atoms with Gasteiger partial charge in [-0.15, -0.1) is 0 Å². The maximum Gasteiger partial charge on any atom is 0.269 e. The Bertz CT molecular complexity index is 684. The minimum Gasteiger partial charge on any atom is -0.333 e. The molecule has 5 heteroatoms. The standard InChI is InChI=1S/C16H12N4O/c1-3-7-13(8-4-1)17-11-15-19-16(21-20-15)12-18-14-9-5-2-6-10-14/h1-12H/b17-11+,18-12+. The predicted octanol–water partition coefficient (Wildman–Crippen LogP) is 3.57. The van der Waals surface area contributed by atoms with Crippen molar-refractivity contribution < 1.29 is 4.52 Å². The zero-order valence-corrected chi connectivity index (χ0v) is 11.1. The van der Waals surface area contributed by atoms with Crippen molar-refractivity contribution >= 4 is 23.8 Å². The number of para-hydroxylation sites is 2. The van der Waals surface area contributed by atoms with E-state index in [4.69, 9.17) is 4.52 Å². The van der Waals surface area contributed by atoms with Gasteiger partial charge in [0, 0.05) is 0 Å². The Labute approximate surface area is 121 Å². The number of hydrogen-bond acceptors (Lipinski definition) is 5. The van der Waals surface area contributed by atoms with E-state index >= 15 is 0 Å². The highest BCUT2D eigenvalue weighted by molar-refractivity contribution is 5.80. The van der Waals surface area contributed by atoms with Crippen molar-refractivity contribution in [2.75, 3.05) is 0 Å². The largest absolute Gasteiger partial charge is 0.333 e. The molecular formula is C16H12N4O. The minimum absolute atomic E-state index is 0.341. The van der Waals surface area contributed by atoms with Crippen LogP contribution in [0, 0.1) is 0 Å². The van der Waals surface area contributed by atoms with E-state index in [2.05, 4.69) is 20.1 Å². The van der Waals surface area contributed by atoms with E-state index in [0.717, 1.165) is 11.4 Å². The van der Waals surface area contributed by atoms with Crippen molar-refractivity contribution in [3.8, 4) is 0 Å². The Balaban J connectivity index is 1.69. The highest BCUT2D eigenvalue weighted by atomic mass is 16.5. The molecule has 5 nitrogen and oxygen atoms in total. The molecule has 0 amide bonds. The van der Waals surface area contributed by atoms with Gasteiger partial charge in [-0.2, -0.15) is 4.98 Å². The lowest BCUT2D eigenvalue weighted by Crippen LogP contribution is -1.85. The molecule has 0 saturated heterocycles. The second kappa shape index (κ2) is 6.38. The van der Waals surface area contributed by atoms with Crippen LogP contribution in [0.3, 0.4) is 0 Å². The van der Waals surface area contributed by atoms with Gasteiger partial charge in [-0.25, -0.2) is 0 Å². The molecule has 0 aliphatic heterocycles. The number of aromatic nitrogens is 2. The monoisotopic (exact) mass is 276 g/mol. The summed E-state index contributed by atoms with van der Waals surface area (Å²) in [5.41, 5.74) is 1.66. The van der Waals surface area contributed by atoms with Crippen molar-refractivity contribution in [1.29, 1.82) is 0 Å². The van der Waals surface area contributed by atoms with Crippen molar-refractivity contribution in [2.45, 2.75) is 0 Å². The minimum atomic E-state index is 0.341. The Kier molecular flexibility index (Phi) is 3.93. The van der Waals surface area contributed by atoms with Gasteiger partial charge in [0.1, 0.15) is 0 Å². The second-order valence-electron chi connectivity index (χ2n) is 4.18. The van der Waals surface area contributed by atoms with Crippen LogP contribution >= 0.6 is 0 Å². The Morgan fingerprint density at radius 3 is 1.95 bits per heavy atom. The van der Waals surface area contributed by atoms with Gasteiger partial charge in [-0.05, 0) is 24.3 Å². The van der Waals surface area contributed by atoms with Crippen LogP contribution in [0.1, 0.15) is 11.7 Å². The molecule has 0 aliphatic rings. The fourth-order valence-electron chi connectivity index (χ4n) is 1.64. The fourth-order valence-corrected chi connectivity index (χ4v) is 1.64. The summed E-state index contributed by atoms with van der Waals surface area (Å²) in [4.78, 5) is 12.7. The molecule has 1 aromatic heterocycles. The summed E-state index contributed by atoms with van der Waals surface area (Å²) in [5.74, 6) is 0.752. The SMILES string of the molecule is C(=N\c1ccccc1)/c1noc(/C=N/c2ccccc2)n1. The number of benzene rings is 2. The average molecular weight is 276 g/mol. The Morgan fingerprint density at radius 2 is 1.33 bits per heavy atom. The molecule has 0 saturated carbocycles. The van der Waals surface area contributed by atoms with Gasteiger partial charge < -0.3 is 4.52 Å². The Hall–Kier alpha value is -3.08. The van der Waals surface area contributed by atoms with Gasteiger partial charge in [0.15, 0.2) is 0 Å². The smallest absolute Gasteiger partial charge is 0.269 e. The summed E-state index contributed by atoms with van der Waals surface area (Å²) in [6, 6.07) is 19.1. The molecule has 21 heavy (non-hydrogen) atoms. The van der Waals surface area contributed by atoms with Gasteiger partial charge in [0.25, 0.3) is 5.89 Å². The van der Waals surface area contributed by atoms with E-state index in [1.54, 1.807) is 6.21 Å². The molecule has 0 unspecified atom stereocenters. The van der Waals surface area contributed by atoms with E-state index in [-0.39, 0.29) is 0 Å². The van der Waals surface area contributed by atoms with Crippen LogP contribution in [0.25, 0.3) is 0 Å². The average Bonchev–Trinajstić information content (AvgIpc) is 3.01. The number of hydrogen-bond donors (Lipinski definition) is 0. The quantitative estimate of drug-likeness (QED) is 0.684. The summed E-state index contributed by atoms with van der Waals surface area (Å²) in [5, 5.41) is 3.82. The first-order chi connectivity index (χ1) is 10.4. The van der Waals surface area contributed by atoms with Gasteiger partial charge in [0.05, 0.1) is 23.8 Å². The number of rotatable bonds is 4. The molecule has 2 aromatic carbocycles. The maximum absolute atomic E-state index is 5.07. The van der Waals surface area contributed by atoms with Crippen LogP contribution in [0.15, 0.2) is 75.2 Å². The summed E-state index contributed by atoms with van der Waals surface area (Å²) in [6.07, 6.45) is 3.08. The lowest BCUT2D eigenvalue weighted by molar-refractivity contribution is 0.411. The van der Waals surface area contributed by atoms with E-state index in [9.17, 15) is 0 Å². The topological polar surface area (TPSA) is 63.6 Å². The molecule has 1 heterocycles.